The zero-order valence-electron chi connectivity index (χ0n) is 8.01. The monoisotopic (exact) mass is 349 g/mol. The molecule has 0 rings (SSSR count). The molecule has 0 aromatic carbocycles. The molecule has 0 fully saturated rings. The highest BCUT2D eigenvalue weighted by molar-refractivity contribution is 8.16. The molecule has 0 N–H and O–H groups in total. The Labute approximate surface area is 99.7 Å². The normalized spacial score (nSPS) is 15.5. The number of alkyl halides is 12. The first kappa shape index (κ1) is 19.1. The topological polar surface area (TPSA) is 0 Å². The van der Waals surface area contributed by atoms with Crippen molar-refractivity contribution in [3.63, 3.8) is 0 Å². The molecule has 0 aliphatic rings. The van der Waals surface area contributed by atoms with E-state index in [9.17, 15) is 52.7 Å². The van der Waals surface area contributed by atoms with Crippen LogP contribution in [0.2, 0.25) is 0 Å². The van der Waals surface area contributed by atoms with E-state index in [4.69, 9.17) is 0 Å². The van der Waals surface area contributed by atoms with Gasteiger partial charge in [0.15, 0.2) is 0 Å². The average Bonchev–Trinajstić information content (AvgIpc) is 1.91. The van der Waals surface area contributed by atoms with Gasteiger partial charge in [0.1, 0.15) is 0 Å². The highest BCUT2D eigenvalue weighted by atomic mass is 31.2. The smallest absolute Gasteiger partial charge is 0.211 e. The first-order valence-corrected chi connectivity index (χ1v) is 6.50. The van der Waals surface area contributed by atoms with Crippen molar-refractivity contribution in [1.82, 2.24) is 0 Å². The lowest BCUT2D eigenvalue weighted by Gasteiger charge is -2.41. The van der Waals surface area contributed by atoms with Crippen molar-refractivity contribution in [2.45, 2.75) is 23.7 Å². The number of hydrogen-bond donors (Lipinski definition) is 0. The molecule has 0 atom stereocenters. The minimum atomic E-state index is -6.23. The van der Waals surface area contributed by atoms with Crippen molar-refractivity contribution in [2.75, 3.05) is 0 Å². The van der Waals surface area contributed by atoms with Crippen LogP contribution >= 0.6 is 15.6 Å². The summed E-state index contributed by atoms with van der Waals surface area (Å²) in [6, 6.07) is 0. The van der Waals surface area contributed by atoms with Gasteiger partial charge in [0.2, 0.25) is 0 Å². The van der Waals surface area contributed by atoms with Crippen molar-refractivity contribution in [3.05, 3.63) is 0 Å². The molecule has 2 radical (unpaired) electrons. The molecule has 0 amide bonds. The summed E-state index contributed by atoms with van der Waals surface area (Å²) in [4.78, 5) is 0. The van der Waals surface area contributed by atoms with Crippen LogP contribution in [0.25, 0.3) is 0 Å². The van der Waals surface area contributed by atoms with E-state index < -0.39 is 46.0 Å². The standard InChI is InChI=1S/C4BF12P2/c6-1(7,8)18(2(9,10)11)5-19(3(12,13)14)4(15,16)17/q-1. The lowest BCUT2D eigenvalue weighted by atomic mass is 10.7. The third-order valence-electron chi connectivity index (χ3n) is 1.32. The van der Waals surface area contributed by atoms with Crippen LogP contribution in [-0.2, 0) is 0 Å². The van der Waals surface area contributed by atoms with E-state index in [1.807, 2.05) is 0 Å². The van der Waals surface area contributed by atoms with Gasteiger partial charge in [-0.2, -0.15) is 52.7 Å². The molecule has 0 aliphatic heterocycles. The van der Waals surface area contributed by atoms with Gasteiger partial charge in [-0.15, -0.1) is 15.6 Å². The third-order valence-corrected chi connectivity index (χ3v) is 5.36. The van der Waals surface area contributed by atoms with E-state index in [0.29, 0.717) is 0 Å². The SMILES string of the molecule is FC(F)(F)P([B-]P(C(F)(F)F)C(F)(F)F)C(F)(F)F. The second-order valence-corrected chi connectivity index (χ2v) is 7.16. The van der Waals surface area contributed by atoms with Crippen LogP contribution in [0, 0.1) is 0 Å². The summed E-state index contributed by atoms with van der Waals surface area (Å²) in [5.74, 6) is -24.9. The van der Waals surface area contributed by atoms with Gasteiger partial charge in [-0.25, -0.2) is 6.72 Å². The molecular weight excluding hydrogens is 349 g/mol. The average molecular weight is 349 g/mol. The zero-order valence-corrected chi connectivity index (χ0v) is 9.80. The summed E-state index contributed by atoms with van der Waals surface area (Å²) in [5.41, 5.74) is 0. The van der Waals surface area contributed by atoms with Crippen LogP contribution in [0.4, 0.5) is 52.7 Å². The molecule has 19 heavy (non-hydrogen) atoms. The van der Waals surface area contributed by atoms with Crippen molar-refractivity contribution in [1.29, 1.82) is 0 Å². The Morgan fingerprint density at radius 1 is 0.421 bits per heavy atom. The maximum Gasteiger partial charge on any atom is 0.375 e. The molecular formula is C4BF12P2-. The van der Waals surface area contributed by atoms with E-state index in [0.717, 1.165) is 0 Å². The molecule has 0 aromatic heterocycles. The molecule has 0 saturated carbocycles. The molecule has 0 heterocycles. The van der Waals surface area contributed by atoms with Crippen LogP contribution in [0.5, 0.6) is 0 Å². The molecule has 0 spiro atoms. The summed E-state index contributed by atoms with van der Waals surface area (Å²) >= 11 is 0. The molecule has 0 nitrogen and oxygen atoms in total. The Balaban J connectivity index is 5.43. The molecule has 15 heteroatoms. The molecule has 0 unspecified atom stereocenters. The lowest BCUT2D eigenvalue weighted by Crippen LogP contribution is -2.28. The summed E-state index contributed by atoms with van der Waals surface area (Å²) in [7, 11) is -11.1. The van der Waals surface area contributed by atoms with Gasteiger partial charge in [-0.1, -0.05) is 0 Å². The van der Waals surface area contributed by atoms with Crippen molar-refractivity contribution < 1.29 is 52.7 Å². The highest BCUT2D eigenvalue weighted by Crippen LogP contribution is 2.74. The first-order valence-electron chi connectivity index (χ1n) is 3.68. The van der Waals surface area contributed by atoms with Gasteiger partial charge in [-0.3, -0.25) is 0 Å². The second kappa shape index (κ2) is 5.46. The van der Waals surface area contributed by atoms with E-state index in [-0.39, 0.29) is 0 Å². The molecule has 0 aromatic rings. The summed E-state index contributed by atoms with van der Waals surface area (Å²) < 4.78 is 143. The maximum atomic E-state index is 11.9. The minimum absolute atomic E-state index is 1.70. The predicted octanol–water partition coefficient (Wildman–Crippen LogP) is 5.56. The van der Waals surface area contributed by atoms with Crippen molar-refractivity contribution >= 4 is 22.3 Å². The zero-order chi connectivity index (χ0) is 15.9. The van der Waals surface area contributed by atoms with E-state index in [1.165, 1.54) is 0 Å². The first-order chi connectivity index (χ1) is 7.97. The second-order valence-electron chi connectivity index (χ2n) is 2.73. The summed E-state index contributed by atoms with van der Waals surface area (Å²) in [5, 5.41) is 0. The minimum Gasteiger partial charge on any atom is -0.211 e. The van der Waals surface area contributed by atoms with Crippen molar-refractivity contribution in [2.24, 2.45) is 0 Å². The number of rotatable bonds is 2. The number of hydrogen-bond acceptors (Lipinski definition) is 0. The van der Waals surface area contributed by atoms with Gasteiger partial charge in [0, 0.05) is 0 Å². The Bertz CT molecular complexity index is 239. The Morgan fingerprint density at radius 2 is 0.579 bits per heavy atom. The van der Waals surface area contributed by atoms with Crippen LogP contribution in [0.1, 0.15) is 0 Å². The Hall–Kier alpha value is 0.0849. The molecule has 0 bridgehead atoms. The fourth-order valence-electron chi connectivity index (χ4n) is 0.665. The molecule has 0 aliphatic carbocycles. The number of halogens is 12. The van der Waals surface area contributed by atoms with Crippen LogP contribution in [0.3, 0.4) is 0 Å². The Kier molecular flexibility index (Phi) is 5.49. The van der Waals surface area contributed by atoms with Crippen molar-refractivity contribution in [3.8, 4) is 0 Å². The fraction of sp³-hybridized carbons (Fsp3) is 1.00. The largest absolute Gasteiger partial charge is 0.375 e. The van der Waals surface area contributed by atoms with E-state index in [2.05, 4.69) is 0 Å². The fourth-order valence-corrected chi connectivity index (χ4v) is 4.26. The van der Waals surface area contributed by atoms with Crippen LogP contribution < -0.4 is 0 Å². The molecule has 0 saturated heterocycles. The summed E-state index contributed by atoms with van der Waals surface area (Å²) in [6.45, 7) is -1.70. The van der Waals surface area contributed by atoms with Gasteiger partial charge in [0.05, 0.1) is 0 Å². The van der Waals surface area contributed by atoms with Gasteiger partial charge < -0.3 is 0 Å². The van der Waals surface area contributed by atoms with E-state index in [1.54, 1.807) is 0 Å². The van der Waals surface area contributed by atoms with Crippen LogP contribution in [-0.4, -0.2) is 30.4 Å². The molecule has 114 valence electrons. The Morgan fingerprint density at radius 3 is 0.684 bits per heavy atom. The highest BCUT2D eigenvalue weighted by Gasteiger charge is 2.54. The lowest BCUT2D eigenvalue weighted by molar-refractivity contribution is -0.0804. The van der Waals surface area contributed by atoms with Crippen LogP contribution in [0.15, 0.2) is 0 Å². The maximum absolute atomic E-state index is 11.9. The van der Waals surface area contributed by atoms with Gasteiger partial charge in [0.25, 0.3) is 0 Å². The van der Waals surface area contributed by atoms with Gasteiger partial charge in [-0.05, 0) is 0 Å². The third kappa shape index (κ3) is 5.93. The quantitative estimate of drug-likeness (QED) is 0.348. The predicted molar refractivity (Wildman–Crippen MR) is 43.8 cm³/mol. The summed E-state index contributed by atoms with van der Waals surface area (Å²) in [6.07, 6.45) is 0. The van der Waals surface area contributed by atoms with E-state index >= 15 is 0 Å². The van der Waals surface area contributed by atoms with Gasteiger partial charge >= 0.3 is 23.7 Å².